The van der Waals surface area contributed by atoms with Crippen LogP contribution >= 0.6 is 23.2 Å². The van der Waals surface area contributed by atoms with Crippen molar-refractivity contribution in [3.05, 3.63) is 39.7 Å². The molecule has 0 unspecified atom stereocenters. The van der Waals surface area contributed by atoms with E-state index in [1.54, 1.807) is 0 Å². The average molecular weight is 309 g/mol. The van der Waals surface area contributed by atoms with E-state index in [0.29, 0.717) is 6.07 Å². The summed E-state index contributed by atoms with van der Waals surface area (Å²) in [5, 5.41) is 10.8. The highest BCUT2D eigenvalue weighted by molar-refractivity contribution is 6.18. The summed E-state index contributed by atoms with van der Waals surface area (Å²) in [7, 11) is 0. The van der Waals surface area contributed by atoms with E-state index in [4.69, 9.17) is 23.2 Å². The van der Waals surface area contributed by atoms with E-state index in [2.05, 4.69) is 0 Å². The van der Waals surface area contributed by atoms with Crippen LogP contribution in [-0.2, 0) is 0 Å². The van der Waals surface area contributed by atoms with Crippen LogP contribution in [0.1, 0.15) is 10.4 Å². The van der Waals surface area contributed by atoms with Gasteiger partial charge in [-0.15, -0.1) is 23.2 Å². The lowest BCUT2D eigenvalue weighted by Crippen LogP contribution is -2.34. The summed E-state index contributed by atoms with van der Waals surface area (Å²) in [6, 6.07) is 2.80. The number of carbonyl (C=O) groups excluding carboxylic acids is 1. The predicted octanol–water partition coefficient (Wildman–Crippen LogP) is 2.65. The Kier molecular flexibility index (Phi) is 5.98. The Balaban J connectivity index is 3.13. The molecule has 0 fully saturated rings. The molecule has 0 saturated heterocycles. The zero-order valence-corrected chi connectivity index (χ0v) is 11.3. The number of alkyl halides is 2. The van der Waals surface area contributed by atoms with Crippen LogP contribution < -0.4 is 0 Å². The highest BCUT2D eigenvalue weighted by atomic mass is 35.5. The molecule has 0 radical (unpaired) electrons. The molecular formula is C11H11Cl2FN2O3. The normalized spacial score (nSPS) is 10.3. The highest BCUT2D eigenvalue weighted by Gasteiger charge is 2.24. The van der Waals surface area contributed by atoms with Crippen molar-refractivity contribution in [2.45, 2.75) is 0 Å². The van der Waals surface area contributed by atoms with Crippen molar-refractivity contribution in [2.24, 2.45) is 0 Å². The van der Waals surface area contributed by atoms with E-state index < -0.39 is 22.3 Å². The largest absolute Gasteiger partial charge is 0.336 e. The minimum Gasteiger partial charge on any atom is -0.336 e. The number of carbonyl (C=O) groups is 1. The van der Waals surface area contributed by atoms with Gasteiger partial charge in [-0.05, 0) is 12.1 Å². The van der Waals surface area contributed by atoms with Gasteiger partial charge in [0.05, 0.1) is 11.0 Å². The third kappa shape index (κ3) is 4.04. The Labute approximate surface area is 119 Å². The molecule has 19 heavy (non-hydrogen) atoms. The van der Waals surface area contributed by atoms with Crippen molar-refractivity contribution in [2.75, 3.05) is 24.8 Å². The molecule has 0 saturated carbocycles. The lowest BCUT2D eigenvalue weighted by atomic mass is 10.1. The fourth-order valence-electron chi connectivity index (χ4n) is 1.53. The van der Waals surface area contributed by atoms with E-state index in [0.717, 1.165) is 12.1 Å². The molecule has 1 rings (SSSR count). The van der Waals surface area contributed by atoms with Gasteiger partial charge in [-0.2, -0.15) is 0 Å². The number of nitro groups is 1. The van der Waals surface area contributed by atoms with Crippen molar-refractivity contribution in [3.63, 3.8) is 0 Å². The molecular weight excluding hydrogens is 298 g/mol. The van der Waals surface area contributed by atoms with Crippen LogP contribution in [0.4, 0.5) is 10.1 Å². The summed E-state index contributed by atoms with van der Waals surface area (Å²) < 4.78 is 13.0. The summed E-state index contributed by atoms with van der Waals surface area (Å²) >= 11 is 11.1. The number of hydrogen-bond acceptors (Lipinski definition) is 3. The molecule has 5 nitrogen and oxygen atoms in total. The van der Waals surface area contributed by atoms with Crippen molar-refractivity contribution in [1.29, 1.82) is 0 Å². The quantitative estimate of drug-likeness (QED) is 0.461. The highest BCUT2D eigenvalue weighted by Crippen LogP contribution is 2.21. The van der Waals surface area contributed by atoms with Gasteiger partial charge in [0.2, 0.25) is 0 Å². The smallest absolute Gasteiger partial charge is 0.285 e. The maximum Gasteiger partial charge on any atom is 0.285 e. The van der Waals surface area contributed by atoms with E-state index in [-0.39, 0.29) is 30.4 Å². The second-order valence-corrected chi connectivity index (χ2v) is 4.34. The molecule has 0 spiro atoms. The lowest BCUT2D eigenvalue weighted by molar-refractivity contribution is -0.385. The van der Waals surface area contributed by atoms with Crippen LogP contribution in [-0.4, -0.2) is 40.6 Å². The Hall–Kier alpha value is -1.40. The second-order valence-electron chi connectivity index (χ2n) is 3.59. The molecule has 0 heterocycles. The first-order valence-electron chi connectivity index (χ1n) is 5.36. The Morgan fingerprint density at radius 2 is 1.89 bits per heavy atom. The molecule has 0 bridgehead atoms. The van der Waals surface area contributed by atoms with Crippen LogP contribution in [0, 0.1) is 15.9 Å². The topological polar surface area (TPSA) is 63.4 Å². The van der Waals surface area contributed by atoms with Crippen molar-refractivity contribution >= 4 is 34.8 Å². The molecule has 0 aromatic heterocycles. The summed E-state index contributed by atoms with van der Waals surface area (Å²) in [6.07, 6.45) is 0. The maximum atomic E-state index is 13.0. The molecule has 1 amide bonds. The van der Waals surface area contributed by atoms with Crippen molar-refractivity contribution in [1.82, 2.24) is 4.90 Å². The standard InChI is InChI=1S/C11H11Cl2FN2O3/c12-3-5-15(6-4-13)11(17)9-2-1-8(14)7-10(9)16(18)19/h1-2,7H,3-6H2. The first-order chi connectivity index (χ1) is 9.01. The molecule has 0 aliphatic carbocycles. The zero-order valence-electron chi connectivity index (χ0n) is 9.81. The van der Waals surface area contributed by atoms with Crippen molar-refractivity contribution in [3.8, 4) is 0 Å². The fraction of sp³-hybridized carbons (Fsp3) is 0.364. The third-order valence-corrected chi connectivity index (χ3v) is 2.72. The SMILES string of the molecule is O=C(c1ccc(F)cc1[N+](=O)[O-])N(CCCl)CCCl. The molecule has 8 heteroatoms. The summed E-state index contributed by atoms with van der Waals surface area (Å²) in [5.41, 5.74) is -0.749. The van der Waals surface area contributed by atoms with Gasteiger partial charge in [-0.25, -0.2) is 4.39 Å². The van der Waals surface area contributed by atoms with Crippen LogP contribution in [0.25, 0.3) is 0 Å². The molecule has 0 atom stereocenters. The first kappa shape index (κ1) is 15.7. The summed E-state index contributed by atoms with van der Waals surface area (Å²) in [6.45, 7) is 0.420. The molecule has 0 aliphatic rings. The van der Waals surface area contributed by atoms with Crippen LogP contribution in [0.2, 0.25) is 0 Å². The zero-order chi connectivity index (χ0) is 14.4. The molecule has 104 valence electrons. The van der Waals surface area contributed by atoms with Gasteiger partial charge >= 0.3 is 0 Å². The molecule has 1 aromatic rings. The van der Waals surface area contributed by atoms with Crippen LogP contribution in [0.15, 0.2) is 18.2 Å². The fourth-order valence-corrected chi connectivity index (χ4v) is 1.93. The first-order valence-corrected chi connectivity index (χ1v) is 6.43. The number of nitrogens with zero attached hydrogens (tertiary/aromatic N) is 2. The number of rotatable bonds is 6. The van der Waals surface area contributed by atoms with Gasteiger partial charge < -0.3 is 4.90 Å². The van der Waals surface area contributed by atoms with Gasteiger partial charge in [0.1, 0.15) is 11.4 Å². The number of nitro benzene ring substituents is 1. The molecule has 0 N–H and O–H groups in total. The Bertz CT molecular complexity index is 479. The summed E-state index contributed by atoms with van der Waals surface area (Å²) in [4.78, 5) is 23.5. The summed E-state index contributed by atoms with van der Waals surface area (Å²) in [5.74, 6) is -1.01. The predicted molar refractivity (Wildman–Crippen MR) is 70.4 cm³/mol. The van der Waals surface area contributed by atoms with Crippen molar-refractivity contribution < 1.29 is 14.1 Å². The minimum absolute atomic E-state index is 0.178. The number of hydrogen-bond donors (Lipinski definition) is 0. The average Bonchev–Trinajstić information content (AvgIpc) is 2.37. The maximum absolute atomic E-state index is 13.0. The van der Waals surface area contributed by atoms with Gasteiger partial charge in [-0.1, -0.05) is 0 Å². The Morgan fingerprint density at radius 3 is 2.37 bits per heavy atom. The van der Waals surface area contributed by atoms with E-state index in [1.165, 1.54) is 4.90 Å². The number of amides is 1. The van der Waals surface area contributed by atoms with E-state index in [9.17, 15) is 19.3 Å². The number of halogens is 3. The van der Waals surface area contributed by atoms with Crippen LogP contribution in [0.3, 0.4) is 0 Å². The lowest BCUT2D eigenvalue weighted by Gasteiger charge is -2.20. The van der Waals surface area contributed by atoms with Gasteiger partial charge in [-0.3, -0.25) is 14.9 Å². The monoisotopic (exact) mass is 308 g/mol. The van der Waals surface area contributed by atoms with Crippen LogP contribution in [0.5, 0.6) is 0 Å². The Morgan fingerprint density at radius 1 is 1.32 bits per heavy atom. The van der Waals surface area contributed by atoms with Gasteiger partial charge in [0, 0.05) is 24.8 Å². The number of benzene rings is 1. The van der Waals surface area contributed by atoms with E-state index >= 15 is 0 Å². The second kappa shape index (κ2) is 7.25. The minimum atomic E-state index is -0.796. The molecule has 1 aromatic carbocycles. The van der Waals surface area contributed by atoms with E-state index in [1.807, 2.05) is 0 Å². The third-order valence-electron chi connectivity index (χ3n) is 2.38. The molecule has 0 aliphatic heterocycles. The van der Waals surface area contributed by atoms with Gasteiger partial charge in [0.15, 0.2) is 0 Å². The van der Waals surface area contributed by atoms with Gasteiger partial charge in [0.25, 0.3) is 11.6 Å².